The lowest BCUT2D eigenvalue weighted by Crippen LogP contribution is -2.34. The fourth-order valence-electron chi connectivity index (χ4n) is 2.65. The molecule has 0 aliphatic rings. The number of nitrogens with one attached hydrogen (secondary N) is 1. The van der Waals surface area contributed by atoms with E-state index < -0.39 is 17.9 Å². The lowest BCUT2D eigenvalue weighted by molar-refractivity contribution is -0.142. The Morgan fingerprint density at radius 1 is 1.08 bits per heavy atom. The summed E-state index contributed by atoms with van der Waals surface area (Å²) in [5, 5.41) is 12.3. The zero-order valence-corrected chi connectivity index (χ0v) is 13.8. The molecule has 132 valence electrons. The first-order chi connectivity index (χ1) is 12.6. The number of carboxylic acids is 1. The Morgan fingerprint density at radius 3 is 2.50 bits per heavy atom. The van der Waals surface area contributed by atoms with Crippen LogP contribution in [0.1, 0.15) is 18.0 Å². The molecule has 1 aromatic heterocycles. The number of aryl methyl sites for hydroxylation is 1. The van der Waals surface area contributed by atoms with Crippen LogP contribution in [0.15, 0.2) is 65.7 Å². The van der Waals surface area contributed by atoms with Crippen LogP contribution in [0.25, 0.3) is 10.9 Å². The molecule has 3 rings (SSSR count). The number of benzene rings is 2. The van der Waals surface area contributed by atoms with Gasteiger partial charge in [0.15, 0.2) is 6.04 Å². The second-order valence-corrected chi connectivity index (χ2v) is 5.76. The summed E-state index contributed by atoms with van der Waals surface area (Å²) in [5.41, 5.74) is 0.840. The summed E-state index contributed by atoms with van der Waals surface area (Å²) in [6, 6.07) is 14.3. The van der Waals surface area contributed by atoms with E-state index in [1.165, 1.54) is 10.9 Å². The van der Waals surface area contributed by atoms with Crippen LogP contribution in [-0.2, 0) is 16.1 Å². The van der Waals surface area contributed by atoms with Crippen LogP contribution < -0.4 is 10.9 Å². The minimum absolute atomic E-state index is 0.0312. The molecule has 0 aliphatic carbocycles. The fourth-order valence-corrected chi connectivity index (χ4v) is 2.65. The number of aliphatic carboxylic acids is 1. The van der Waals surface area contributed by atoms with E-state index in [9.17, 15) is 19.5 Å². The van der Waals surface area contributed by atoms with Gasteiger partial charge in [0.05, 0.1) is 17.2 Å². The molecule has 0 bridgehead atoms. The van der Waals surface area contributed by atoms with E-state index in [1.807, 2.05) is 0 Å². The first-order valence-corrected chi connectivity index (χ1v) is 8.07. The van der Waals surface area contributed by atoms with Crippen molar-refractivity contribution in [2.24, 2.45) is 0 Å². The van der Waals surface area contributed by atoms with E-state index in [0.717, 1.165) is 0 Å². The minimum atomic E-state index is -1.14. The van der Waals surface area contributed by atoms with Crippen molar-refractivity contribution in [3.8, 4) is 0 Å². The van der Waals surface area contributed by atoms with Crippen LogP contribution in [0.3, 0.4) is 0 Å². The summed E-state index contributed by atoms with van der Waals surface area (Å²) in [6.07, 6.45) is 1.36. The predicted molar refractivity (Wildman–Crippen MR) is 95.6 cm³/mol. The van der Waals surface area contributed by atoms with E-state index in [1.54, 1.807) is 54.6 Å². The van der Waals surface area contributed by atoms with Gasteiger partial charge in [-0.05, 0) is 17.7 Å². The number of fused-ring (bicyclic) bond motifs is 1. The van der Waals surface area contributed by atoms with Crippen LogP contribution in [0.2, 0.25) is 0 Å². The molecule has 0 unspecified atom stereocenters. The number of para-hydroxylation sites is 1. The highest BCUT2D eigenvalue weighted by Crippen LogP contribution is 2.13. The van der Waals surface area contributed by atoms with Gasteiger partial charge in [-0.15, -0.1) is 0 Å². The molecule has 26 heavy (non-hydrogen) atoms. The first kappa shape index (κ1) is 17.3. The molecule has 3 aromatic rings. The lowest BCUT2D eigenvalue weighted by atomic mass is 10.1. The van der Waals surface area contributed by atoms with E-state index in [2.05, 4.69) is 10.3 Å². The molecule has 1 atom stereocenters. The van der Waals surface area contributed by atoms with Crippen LogP contribution in [0, 0.1) is 0 Å². The normalized spacial score (nSPS) is 11.8. The average molecular weight is 351 g/mol. The summed E-state index contributed by atoms with van der Waals surface area (Å²) >= 11 is 0. The zero-order chi connectivity index (χ0) is 18.5. The highest BCUT2D eigenvalue weighted by atomic mass is 16.4. The molecule has 2 aromatic carbocycles. The lowest BCUT2D eigenvalue weighted by Gasteiger charge is -2.15. The highest BCUT2D eigenvalue weighted by Gasteiger charge is 2.21. The van der Waals surface area contributed by atoms with E-state index in [0.29, 0.717) is 16.5 Å². The second-order valence-electron chi connectivity index (χ2n) is 5.76. The maximum Gasteiger partial charge on any atom is 0.330 e. The maximum atomic E-state index is 12.4. The van der Waals surface area contributed by atoms with Gasteiger partial charge in [0.25, 0.3) is 5.56 Å². The number of aromatic nitrogens is 2. The number of hydrogen-bond donors (Lipinski definition) is 2. The predicted octanol–water partition coefficient (Wildman–Crippen LogP) is 1.73. The standard InChI is InChI=1S/C19H17N3O4/c23-16(21-17(19(25)26)13-6-2-1-3-7-13)10-11-22-12-20-15-9-5-4-8-14(15)18(22)24/h1-9,12,17H,10-11H2,(H,21,23)(H,25,26)/t17-/m0/s1. The molecule has 0 saturated heterocycles. The molecule has 2 N–H and O–H groups in total. The van der Waals surface area contributed by atoms with Crippen molar-refractivity contribution in [3.05, 3.63) is 76.8 Å². The molecule has 7 heteroatoms. The number of nitrogens with zero attached hydrogens (tertiary/aromatic N) is 2. The van der Waals surface area contributed by atoms with Crippen molar-refractivity contribution >= 4 is 22.8 Å². The topological polar surface area (TPSA) is 101 Å². The summed E-state index contributed by atoms with van der Waals surface area (Å²) in [5.74, 6) is -1.60. The molecule has 0 fully saturated rings. The van der Waals surface area contributed by atoms with E-state index in [4.69, 9.17) is 0 Å². The maximum absolute atomic E-state index is 12.4. The van der Waals surface area contributed by atoms with Gasteiger partial charge in [0.2, 0.25) is 5.91 Å². The fraction of sp³-hybridized carbons (Fsp3) is 0.158. The SMILES string of the molecule is O=C(CCn1cnc2ccccc2c1=O)N[C@H](C(=O)O)c1ccccc1. The largest absolute Gasteiger partial charge is 0.479 e. The minimum Gasteiger partial charge on any atom is -0.479 e. The van der Waals surface area contributed by atoms with Crippen molar-refractivity contribution in [3.63, 3.8) is 0 Å². The Kier molecular flexibility index (Phi) is 5.07. The number of carbonyl (C=O) groups excluding carboxylic acids is 1. The second kappa shape index (κ2) is 7.60. The van der Waals surface area contributed by atoms with E-state index >= 15 is 0 Å². The summed E-state index contributed by atoms with van der Waals surface area (Å²) in [6.45, 7) is 0.115. The Morgan fingerprint density at radius 2 is 1.77 bits per heavy atom. The van der Waals surface area contributed by atoms with Crippen LogP contribution in [0.4, 0.5) is 0 Å². The van der Waals surface area contributed by atoms with Crippen LogP contribution in [-0.4, -0.2) is 26.5 Å². The Bertz CT molecular complexity index is 998. The van der Waals surface area contributed by atoms with Gasteiger partial charge in [-0.1, -0.05) is 42.5 Å². The van der Waals surface area contributed by atoms with Crippen molar-refractivity contribution in [2.75, 3.05) is 0 Å². The van der Waals surface area contributed by atoms with Crippen molar-refractivity contribution in [2.45, 2.75) is 19.0 Å². The summed E-state index contributed by atoms with van der Waals surface area (Å²) in [7, 11) is 0. The molecule has 0 saturated carbocycles. The third-order valence-electron chi connectivity index (χ3n) is 4.00. The zero-order valence-electron chi connectivity index (χ0n) is 13.8. The number of carboxylic acid groups (broad SMARTS) is 1. The monoisotopic (exact) mass is 351 g/mol. The number of hydrogen-bond acceptors (Lipinski definition) is 4. The average Bonchev–Trinajstić information content (AvgIpc) is 2.66. The number of rotatable bonds is 6. The molecule has 7 nitrogen and oxygen atoms in total. The molecule has 0 spiro atoms. The molecular weight excluding hydrogens is 334 g/mol. The quantitative estimate of drug-likeness (QED) is 0.704. The Balaban J connectivity index is 1.70. The van der Waals surface area contributed by atoms with Crippen LogP contribution >= 0.6 is 0 Å². The highest BCUT2D eigenvalue weighted by molar-refractivity contribution is 5.84. The third-order valence-corrected chi connectivity index (χ3v) is 4.00. The van der Waals surface area contributed by atoms with Crippen molar-refractivity contribution < 1.29 is 14.7 Å². The van der Waals surface area contributed by atoms with Crippen molar-refractivity contribution in [1.29, 1.82) is 0 Å². The van der Waals surface area contributed by atoms with Gasteiger partial charge in [-0.25, -0.2) is 9.78 Å². The Hall–Kier alpha value is -3.48. The summed E-state index contributed by atoms with van der Waals surface area (Å²) < 4.78 is 1.35. The van der Waals surface area contributed by atoms with Gasteiger partial charge < -0.3 is 10.4 Å². The van der Waals surface area contributed by atoms with Crippen molar-refractivity contribution in [1.82, 2.24) is 14.9 Å². The number of carbonyl (C=O) groups is 2. The summed E-state index contributed by atoms with van der Waals surface area (Å²) in [4.78, 5) is 40.2. The molecule has 1 amide bonds. The van der Waals surface area contributed by atoms with Gasteiger partial charge in [-0.3, -0.25) is 14.2 Å². The molecule has 1 heterocycles. The molecule has 0 aliphatic heterocycles. The van der Waals surface area contributed by atoms with E-state index in [-0.39, 0.29) is 18.5 Å². The van der Waals surface area contributed by atoms with Gasteiger partial charge in [0, 0.05) is 13.0 Å². The third kappa shape index (κ3) is 3.77. The molecule has 0 radical (unpaired) electrons. The Labute approximate surface area is 148 Å². The molecular formula is C19H17N3O4. The first-order valence-electron chi connectivity index (χ1n) is 8.07. The van der Waals surface area contributed by atoms with Gasteiger partial charge in [0.1, 0.15) is 0 Å². The van der Waals surface area contributed by atoms with Crippen LogP contribution in [0.5, 0.6) is 0 Å². The number of amides is 1. The smallest absolute Gasteiger partial charge is 0.330 e. The van der Waals surface area contributed by atoms with Gasteiger partial charge >= 0.3 is 5.97 Å². The van der Waals surface area contributed by atoms with Gasteiger partial charge in [-0.2, -0.15) is 0 Å².